The number of nitrogens with one attached hydrogen (secondary N) is 1. The predicted molar refractivity (Wildman–Crippen MR) is 127 cm³/mol. The van der Waals surface area contributed by atoms with Crippen LogP contribution in [0.15, 0.2) is 16.3 Å². The number of nitrogens with zero attached hydrogens (tertiary/aromatic N) is 2. The molecule has 0 aromatic carbocycles. The molecule has 0 bridgehead atoms. The van der Waals surface area contributed by atoms with E-state index in [-0.39, 0.29) is 28.1 Å². The van der Waals surface area contributed by atoms with Gasteiger partial charge in [-0.05, 0) is 37.0 Å². The van der Waals surface area contributed by atoms with Gasteiger partial charge in [0, 0.05) is 31.4 Å². The van der Waals surface area contributed by atoms with E-state index in [1.807, 2.05) is 0 Å². The van der Waals surface area contributed by atoms with Gasteiger partial charge in [0.15, 0.2) is 0 Å². The molecular weight excluding hydrogens is 508 g/mol. The van der Waals surface area contributed by atoms with Gasteiger partial charge in [-0.3, -0.25) is 14.4 Å². The molecule has 2 aromatic heterocycles. The van der Waals surface area contributed by atoms with Crippen molar-refractivity contribution in [2.24, 2.45) is 11.7 Å². The van der Waals surface area contributed by atoms with Crippen LogP contribution in [-0.2, 0) is 32.6 Å². The molecule has 2 aromatic rings. The van der Waals surface area contributed by atoms with Crippen LogP contribution >= 0.6 is 34.3 Å². The minimum absolute atomic E-state index is 0.0405. The predicted octanol–water partition coefficient (Wildman–Crippen LogP) is 2.51. The summed E-state index contributed by atoms with van der Waals surface area (Å²) in [6, 6.07) is 3.00. The summed E-state index contributed by atoms with van der Waals surface area (Å²) in [6.45, 7) is 2.70. The third kappa shape index (κ3) is 4.80. The maximum Gasteiger partial charge on any atom is 0.252 e. The van der Waals surface area contributed by atoms with Gasteiger partial charge in [-0.15, -0.1) is 22.7 Å². The highest BCUT2D eigenvalue weighted by Gasteiger charge is 2.35. The Hall–Kier alpha value is -1.99. The number of hydrogen-bond donors (Lipinski definition) is 2. The number of hydrogen-bond acceptors (Lipinski definition) is 7. The zero-order valence-electron chi connectivity index (χ0n) is 17.8. The van der Waals surface area contributed by atoms with Gasteiger partial charge < -0.3 is 16.0 Å². The van der Waals surface area contributed by atoms with E-state index in [4.69, 9.17) is 17.3 Å². The van der Waals surface area contributed by atoms with E-state index in [2.05, 4.69) is 5.32 Å². The molecule has 2 aliphatic heterocycles. The van der Waals surface area contributed by atoms with Crippen molar-refractivity contribution in [2.45, 2.75) is 36.9 Å². The Morgan fingerprint density at radius 3 is 2.61 bits per heavy atom. The summed E-state index contributed by atoms with van der Waals surface area (Å²) in [6.07, 6.45) is 1.55. The molecule has 13 heteroatoms. The fraction of sp³-hybridized carbons (Fsp3) is 0.450. The second kappa shape index (κ2) is 9.34. The standard InChI is InChI=1S/C20H23ClN4O5S3/c1-11(26)24-8-6-13-14(10-24)31-20(17(13)18(22)27)23-19(28)12-3-2-7-25(9-12)33(29,30)16-5-4-15(21)32-16/h4-5,12H,2-3,6-10H2,1H3,(H2,22,27)(H,23,28). The van der Waals surface area contributed by atoms with Gasteiger partial charge >= 0.3 is 0 Å². The number of carbonyl (C=O) groups is 3. The molecule has 3 amide bonds. The number of rotatable bonds is 5. The SMILES string of the molecule is CC(=O)N1CCc2c(sc(NC(=O)C3CCCN(S(=O)(=O)c4ccc(Cl)s4)C3)c2C(N)=O)C1. The number of fused-ring (bicyclic) bond motifs is 1. The van der Waals surface area contributed by atoms with Crippen LogP contribution in [0.1, 0.15) is 40.6 Å². The average molecular weight is 531 g/mol. The molecule has 1 atom stereocenters. The Morgan fingerprint density at radius 1 is 1.21 bits per heavy atom. The van der Waals surface area contributed by atoms with Gasteiger partial charge in [-0.2, -0.15) is 4.31 Å². The number of sulfonamides is 1. The first-order valence-corrected chi connectivity index (χ1v) is 13.8. The highest BCUT2D eigenvalue weighted by Crippen LogP contribution is 2.38. The Kier molecular flexibility index (Phi) is 6.83. The van der Waals surface area contributed by atoms with E-state index in [0.29, 0.717) is 48.2 Å². The molecule has 0 saturated carbocycles. The number of halogens is 1. The van der Waals surface area contributed by atoms with E-state index in [9.17, 15) is 22.8 Å². The Bertz CT molecular complexity index is 1220. The fourth-order valence-corrected chi connectivity index (χ4v) is 8.61. The second-order valence-corrected chi connectivity index (χ2v) is 13.0. The largest absolute Gasteiger partial charge is 0.365 e. The molecule has 2 aliphatic rings. The Labute approximate surface area is 204 Å². The Morgan fingerprint density at radius 2 is 1.97 bits per heavy atom. The Balaban J connectivity index is 1.52. The van der Waals surface area contributed by atoms with Crippen molar-refractivity contribution in [3.63, 3.8) is 0 Å². The third-order valence-corrected chi connectivity index (χ3v) is 10.6. The van der Waals surface area contributed by atoms with Crippen molar-refractivity contribution >= 4 is 67.0 Å². The highest BCUT2D eigenvalue weighted by molar-refractivity contribution is 7.91. The minimum atomic E-state index is -3.74. The van der Waals surface area contributed by atoms with Crippen molar-refractivity contribution < 1.29 is 22.8 Å². The summed E-state index contributed by atoms with van der Waals surface area (Å²) in [5, 5.41) is 3.17. The number of carbonyl (C=O) groups excluding carboxylic acids is 3. The van der Waals surface area contributed by atoms with Crippen LogP contribution in [0.5, 0.6) is 0 Å². The zero-order valence-corrected chi connectivity index (χ0v) is 21.0. The normalized spacial score (nSPS) is 19.2. The van der Waals surface area contributed by atoms with Crippen LogP contribution in [0.25, 0.3) is 0 Å². The molecule has 1 saturated heterocycles. The molecule has 3 N–H and O–H groups in total. The molecular formula is C20H23ClN4O5S3. The summed E-state index contributed by atoms with van der Waals surface area (Å²) in [7, 11) is -3.74. The smallest absolute Gasteiger partial charge is 0.252 e. The van der Waals surface area contributed by atoms with Crippen molar-refractivity contribution in [3.05, 3.63) is 32.5 Å². The van der Waals surface area contributed by atoms with Crippen LogP contribution in [0.4, 0.5) is 5.00 Å². The van der Waals surface area contributed by atoms with Gasteiger partial charge in [-0.1, -0.05) is 11.6 Å². The molecule has 4 heterocycles. The van der Waals surface area contributed by atoms with Crippen LogP contribution in [0, 0.1) is 5.92 Å². The van der Waals surface area contributed by atoms with E-state index >= 15 is 0 Å². The molecule has 0 spiro atoms. The monoisotopic (exact) mass is 530 g/mol. The molecule has 1 fully saturated rings. The molecule has 4 rings (SSSR count). The molecule has 178 valence electrons. The lowest BCUT2D eigenvalue weighted by Gasteiger charge is -2.30. The minimum Gasteiger partial charge on any atom is -0.365 e. The van der Waals surface area contributed by atoms with Gasteiger partial charge in [0.1, 0.15) is 9.21 Å². The molecule has 9 nitrogen and oxygen atoms in total. The fourth-order valence-electron chi connectivity index (χ4n) is 4.17. The van der Waals surface area contributed by atoms with E-state index in [1.54, 1.807) is 4.90 Å². The summed E-state index contributed by atoms with van der Waals surface area (Å²) in [5.74, 6) is -1.63. The van der Waals surface area contributed by atoms with Crippen molar-refractivity contribution in [3.8, 4) is 0 Å². The number of thiophene rings is 2. The maximum absolute atomic E-state index is 13.1. The van der Waals surface area contributed by atoms with Crippen LogP contribution in [0.3, 0.4) is 0 Å². The maximum atomic E-state index is 13.1. The van der Waals surface area contributed by atoms with Crippen LogP contribution in [-0.4, -0.2) is 55.0 Å². The summed E-state index contributed by atoms with van der Waals surface area (Å²) in [4.78, 5) is 39.5. The molecule has 0 radical (unpaired) electrons. The quantitative estimate of drug-likeness (QED) is 0.613. The number of amides is 3. The molecule has 33 heavy (non-hydrogen) atoms. The van der Waals surface area contributed by atoms with Crippen molar-refractivity contribution in [1.82, 2.24) is 9.21 Å². The third-order valence-electron chi connectivity index (χ3n) is 5.88. The van der Waals surface area contributed by atoms with E-state index in [1.165, 1.54) is 34.7 Å². The molecule has 0 aliphatic carbocycles. The number of nitrogens with two attached hydrogens (primary N) is 1. The second-order valence-electron chi connectivity index (χ2n) is 8.01. The number of anilines is 1. The highest BCUT2D eigenvalue weighted by atomic mass is 35.5. The molecule has 1 unspecified atom stereocenters. The number of primary amides is 1. The van der Waals surface area contributed by atoms with Gasteiger partial charge in [0.25, 0.3) is 15.9 Å². The van der Waals surface area contributed by atoms with Gasteiger partial charge in [-0.25, -0.2) is 8.42 Å². The van der Waals surface area contributed by atoms with Crippen LogP contribution in [0.2, 0.25) is 4.34 Å². The first-order valence-electron chi connectivity index (χ1n) is 10.3. The first kappa shape index (κ1) is 24.1. The first-order chi connectivity index (χ1) is 15.6. The topological polar surface area (TPSA) is 130 Å². The van der Waals surface area contributed by atoms with Crippen molar-refractivity contribution in [1.29, 1.82) is 0 Å². The number of piperidine rings is 1. The van der Waals surface area contributed by atoms with Gasteiger partial charge in [0.05, 0.1) is 22.4 Å². The van der Waals surface area contributed by atoms with E-state index < -0.39 is 21.8 Å². The van der Waals surface area contributed by atoms with Crippen molar-refractivity contribution in [2.75, 3.05) is 25.0 Å². The lowest BCUT2D eigenvalue weighted by molar-refractivity contribution is -0.129. The summed E-state index contributed by atoms with van der Waals surface area (Å²) in [5.41, 5.74) is 6.66. The summed E-state index contributed by atoms with van der Waals surface area (Å²) >= 11 is 8.12. The average Bonchev–Trinajstić information content (AvgIpc) is 3.36. The van der Waals surface area contributed by atoms with Gasteiger partial charge in [0.2, 0.25) is 11.8 Å². The lowest BCUT2D eigenvalue weighted by atomic mass is 9.98. The summed E-state index contributed by atoms with van der Waals surface area (Å²) < 4.78 is 27.7. The van der Waals surface area contributed by atoms with Crippen LogP contribution < -0.4 is 11.1 Å². The lowest BCUT2D eigenvalue weighted by Crippen LogP contribution is -2.43. The van der Waals surface area contributed by atoms with E-state index in [0.717, 1.165) is 21.8 Å². The zero-order chi connectivity index (χ0) is 23.9.